The van der Waals surface area contributed by atoms with Crippen LogP contribution >= 0.6 is 0 Å². The number of amides is 2. The van der Waals surface area contributed by atoms with Crippen LogP contribution in [0.15, 0.2) is 96.0 Å². The molecule has 2 amide bonds. The second-order valence-electron chi connectivity index (χ2n) is 16.9. The van der Waals surface area contributed by atoms with Crippen LogP contribution in [0.5, 0.6) is 23.0 Å². The lowest BCUT2D eigenvalue weighted by atomic mass is 10.1. The molecule has 354 valence electrons. The second-order valence-corrected chi connectivity index (χ2v) is 16.9. The largest absolute Gasteiger partial charge is 0.493 e. The maximum Gasteiger partial charge on any atom is 0.303 e. The number of hydrogen-bond donors (Lipinski definition) is 2. The van der Waals surface area contributed by atoms with Gasteiger partial charge >= 0.3 is 5.97 Å². The number of nitrogens with zero attached hydrogens (tertiary/aromatic N) is 4. The van der Waals surface area contributed by atoms with Crippen LogP contribution in [0, 0.1) is 0 Å². The fraction of sp³-hybridized carbons (Fsp3) is 0.346. The normalized spacial score (nSPS) is 16.2. The SMILES string of the molecule is COCCOCCOCCN(CCCC(=O)O)c1cc(COc2cc3c(cc2OC)C(=O)N2c4ccccc4C[C@H]2C=N3)cc(COc2cc3c(cc2OC)C(=O)N2c4ccccc4C[C@H]2N3)c1. The van der Waals surface area contributed by atoms with Gasteiger partial charge in [-0.25, -0.2) is 0 Å². The summed E-state index contributed by atoms with van der Waals surface area (Å²) in [6.45, 7) is 3.26. The highest BCUT2D eigenvalue weighted by atomic mass is 16.5. The second kappa shape index (κ2) is 20.8. The molecule has 0 aromatic heterocycles. The number of nitrogens with one attached hydrogen (secondary N) is 1. The lowest BCUT2D eigenvalue weighted by Crippen LogP contribution is -2.46. The van der Waals surface area contributed by atoms with Gasteiger partial charge in [-0.1, -0.05) is 36.4 Å². The van der Waals surface area contributed by atoms with E-state index >= 15 is 0 Å². The van der Waals surface area contributed by atoms with Crippen molar-refractivity contribution in [1.82, 2.24) is 0 Å². The van der Waals surface area contributed by atoms with E-state index in [0.717, 1.165) is 39.3 Å². The van der Waals surface area contributed by atoms with E-state index in [4.69, 9.17) is 38.2 Å². The molecule has 0 unspecified atom stereocenters. The number of para-hydroxylation sites is 2. The van der Waals surface area contributed by atoms with Crippen LogP contribution in [0.25, 0.3) is 0 Å². The molecule has 16 heteroatoms. The Kier molecular flexibility index (Phi) is 14.1. The molecule has 0 fully saturated rings. The summed E-state index contributed by atoms with van der Waals surface area (Å²) in [6, 6.07) is 28.6. The van der Waals surface area contributed by atoms with Gasteiger partial charge in [0.15, 0.2) is 23.0 Å². The van der Waals surface area contributed by atoms with E-state index in [1.54, 1.807) is 42.2 Å². The summed E-state index contributed by atoms with van der Waals surface area (Å²) >= 11 is 0. The van der Waals surface area contributed by atoms with Gasteiger partial charge in [-0.15, -0.1) is 0 Å². The van der Waals surface area contributed by atoms with Crippen LogP contribution in [0.1, 0.15) is 55.8 Å². The summed E-state index contributed by atoms with van der Waals surface area (Å²) in [7, 11) is 4.70. The van der Waals surface area contributed by atoms with E-state index in [2.05, 4.69) is 10.2 Å². The lowest BCUT2D eigenvalue weighted by molar-refractivity contribution is -0.137. The lowest BCUT2D eigenvalue weighted by Gasteiger charge is -2.33. The number of fused-ring (bicyclic) bond motifs is 8. The zero-order valence-electron chi connectivity index (χ0n) is 38.4. The Hall–Kier alpha value is -7.14. The zero-order valence-corrected chi connectivity index (χ0v) is 38.4. The van der Waals surface area contributed by atoms with E-state index in [-0.39, 0.29) is 43.7 Å². The Morgan fingerprint density at radius 1 is 0.706 bits per heavy atom. The van der Waals surface area contributed by atoms with Gasteiger partial charge < -0.3 is 48.5 Å². The van der Waals surface area contributed by atoms with Crippen LogP contribution in [0.2, 0.25) is 0 Å². The highest BCUT2D eigenvalue weighted by Gasteiger charge is 2.40. The average Bonchev–Trinajstić information content (AvgIpc) is 3.88. The molecule has 4 heterocycles. The molecule has 0 saturated carbocycles. The number of anilines is 4. The maximum atomic E-state index is 14.1. The van der Waals surface area contributed by atoms with E-state index in [9.17, 15) is 19.5 Å². The molecule has 5 aromatic rings. The minimum Gasteiger partial charge on any atom is -0.493 e. The predicted molar refractivity (Wildman–Crippen MR) is 257 cm³/mol. The van der Waals surface area contributed by atoms with Gasteiger partial charge in [0.1, 0.15) is 19.4 Å². The number of rotatable bonds is 22. The van der Waals surface area contributed by atoms with Crippen molar-refractivity contribution in [3.05, 3.63) is 124 Å². The van der Waals surface area contributed by atoms with Crippen LogP contribution in [0.3, 0.4) is 0 Å². The van der Waals surface area contributed by atoms with Gasteiger partial charge in [0.2, 0.25) is 0 Å². The minimum atomic E-state index is -0.878. The molecule has 68 heavy (non-hydrogen) atoms. The van der Waals surface area contributed by atoms with Gasteiger partial charge in [0.05, 0.1) is 75.8 Å². The van der Waals surface area contributed by atoms with Gasteiger partial charge in [-0.05, 0) is 71.1 Å². The quantitative estimate of drug-likeness (QED) is 0.0657. The fourth-order valence-electron chi connectivity index (χ4n) is 9.22. The molecule has 5 aromatic carbocycles. The first-order valence-corrected chi connectivity index (χ1v) is 22.8. The average molecular weight is 926 g/mol. The zero-order chi connectivity index (χ0) is 47.1. The van der Waals surface area contributed by atoms with Crippen molar-refractivity contribution >= 4 is 52.4 Å². The number of carboxylic acid groups (broad SMARTS) is 1. The predicted octanol–water partition coefficient (Wildman–Crippen LogP) is 7.45. The number of aliphatic imine (C=N–C) groups is 1. The molecule has 0 spiro atoms. The molecule has 9 rings (SSSR count). The van der Waals surface area contributed by atoms with Gasteiger partial charge in [0, 0.05) is 74.9 Å². The van der Waals surface area contributed by atoms with Crippen molar-refractivity contribution in [2.45, 2.75) is 51.1 Å². The Balaban J connectivity index is 0.982. The summed E-state index contributed by atoms with van der Waals surface area (Å²) in [6.07, 6.45) is 3.34. The molecule has 0 bridgehead atoms. The van der Waals surface area contributed by atoms with Gasteiger partial charge in [-0.2, -0.15) is 0 Å². The Morgan fingerprint density at radius 2 is 1.32 bits per heavy atom. The first-order valence-electron chi connectivity index (χ1n) is 22.8. The van der Waals surface area contributed by atoms with Crippen molar-refractivity contribution in [3.63, 3.8) is 0 Å². The molecule has 16 nitrogen and oxygen atoms in total. The van der Waals surface area contributed by atoms with Crippen molar-refractivity contribution in [1.29, 1.82) is 0 Å². The third-order valence-corrected chi connectivity index (χ3v) is 12.5. The summed E-state index contributed by atoms with van der Waals surface area (Å²) < 4.78 is 41.2. The number of ether oxygens (including phenoxy) is 7. The Bertz CT molecular complexity index is 2710. The summed E-state index contributed by atoms with van der Waals surface area (Å²) in [4.78, 5) is 50.1. The van der Waals surface area contributed by atoms with Gasteiger partial charge in [-0.3, -0.25) is 29.2 Å². The fourth-order valence-corrected chi connectivity index (χ4v) is 9.22. The van der Waals surface area contributed by atoms with E-state index in [1.807, 2.05) is 79.0 Å². The third kappa shape index (κ3) is 9.79. The molecule has 2 N–H and O–H groups in total. The Morgan fingerprint density at radius 3 is 2.01 bits per heavy atom. The third-order valence-electron chi connectivity index (χ3n) is 12.5. The van der Waals surface area contributed by atoms with Gasteiger partial charge in [0.25, 0.3) is 11.8 Å². The standard InChI is InChI=1S/C52H55N5O11/c1-62-17-18-66-20-19-65-16-15-55(14-8-13-50(58)59)37-22-33(31-67-47-28-41-39(26-45(47)63-2)51(60)56-38(30-53-41)24-35-9-4-6-11-43(35)56)21-34(23-37)32-68-48-29-42-40(27-46(48)64-3)52(61)57-44-12-7-5-10-36(44)25-49(57)54-42/h4-7,9-12,21-23,26-30,38,49,54H,8,13-20,24-25,31-32H2,1-3H3,(H,58,59)/t38-,49-/m0/s1. The number of benzene rings is 5. The van der Waals surface area contributed by atoms with Crippen LogP contribution in [0.4, 0.5) is 28.4 Å². The number of methoxy groups -OCH3 is 3. The first kappa shape index (κ1) is 46.0. The summed E-state index contributed by atoms with van der Waals surface area (Å²) in [5.41, 5.74) is 8.39. The molecule has 4 aliphatic heterocycles. The van der Waals surface area contributed by atoms with E-state index < -0.39 is 5.97 Å². The van der Waals surface area contributed by atoms with Crippen molar-refractivity contribution in [2.75, 3.05) is 87.5 Å². The molecule has 0 radical (unpaired) electrons. The summed E-state index contributed by atoms with van der Waals surface area (Å²) in [5, 5.41) is 13.1. The molecule has 4 aliphatic rings. The minimum absolute atomic E-state index is 0.00302. The van der Waals surface area contributed by atoms with Crippen molar-refractivity contribution in [2.24, 2.45) is 4.99 Å². The summed E-state index contributed by atoms with van der Waals surface area (Å²) in [5.74, 6) is 0.494. The number of carboxylic acids is 1. The first-order chi connectivity index (χ1) is 33.2. The van der Waals surface area contributed by atoms with E-state index in [1.165, 1.54) is 7.11 Å². The molecular formula is C52H55N5O11. The topological polar surface area (TPSA) is 170 Å². The van der Waals surface area contributed by atoms with Crippen LogP contribution < -0.4 is 39.0 Å². The number of hydrogen-bond acceptors (Lipinski definition) is 13. The smallest absolute Gasteiger partial charge is 0.303 e. The molecule has 0 aliphatic carbocycles. The number of carbonyl (C=O) groups excluding carboxylic acids is 2. The van der Waals surface area contributed by atoms with Crippen molar-refractivity contribution in [3.8, 4) is 23.0 Å². The monoisotopic (exact) mass is 925 g/mol. The number of carbonyl (C=O) groups is 3. The van der Waals surface area contributed by atoms with Crippen LogP contribution in [-0.4, -0.2) is 109 Å². The van der Waals surface area contributed by atoms with E-state index in [0.29, 0.717) is 111 Å². The highest BCUT2D eigenvalue weighted by molar-refractivity contribution is 6.15. The Labute approximate surface area is 394 Å². The maximum absolute atomic E-state index is 14.1. The van der Waals surface area contributed by atoms with Crippen LogP contribution in [-0.2, 0) is 45.1 Å². The number of aliphatic carboxylic acids is 1. The molecule has 0 saturated heterocycles. The molecule has 2 atom stereocenters. The van der Waals surface area contributed by atoms with Crippen molar-refractivity contribution < 1.29 is 52.6 Å². The highest BCUT2D eigenvalue weighted by Crippen LogP contribution is 2.44. The molecular weight excluding hydrogens is 871 g/mol.